The van der Waals surface area contributed by atoms with E-state index in [-0.39, 0.29) is 0 Å². The molecule has 0 saturated heterocycles. The summed E-state index contributed by atoms with van der Waals surface area (Å²) in [7, 11) is 1.68. The smallest absolute Gasteiger partial charge is 0.118 e. The third kappa shape index (κ3) is 3.27. The fraction of sp³-hybridized carbons (Fsp3) is 0.250. The first-order valence-corrected chi connectivity index (χ1v) is 6.10. The molecule has 2 nitrogen and oxygen atoms in total. The molecule has 0 fully saturated rings. The minimum atomic E-state index is 0.597. The molecule has 0 radical (unpaired) electrons. The van der Waals surface area contributed by atoms with Crippen LogP contribution in [0.4, 0.5) is 0 Å². The van der Waals surface area contributed by atoms with Crippen molar-refractivity contribution in [3.8, 4) is 0 Å². The quantitative estimate of drug-likeness (QED) is 0.775. The Morgan fingerprint density at radius 1 is 1.28 bits per heavy atom. The van der Waals surface area contributed by atoms with Gasteiger partial charge in [0.05, 0.1) is 7.11 Å². The zero-order valence-corrected chi connectivity index (χ0v) is 10.7. The third-order valence-corrected chi connectivity index (χ3v) is 2.91. The van der Waals surface area contributed by atoms with Crippen LogP contribution in [-0.4, -0.2) is 7.11 Å². The van der Waals surface area contributed by atoms with Crippen molar-refractivity contribution in [1.82, 2.24) is 0 Å². The van der Waals surface area contributed by atoms with E-state index in [4.69, 9.17) is 9.47 Å². The predicted octanol–water partition coefficient (Wildman–Crippen LogP) is 4.05. The molecule has 0 N–H and O–H groups in total. The molecule has 94 valence electrons. The molecule has 0 bridgehead atoms. The normalized spacial score (nSPS) is 14.5. The Kier molecular flexibility index (Phi) is 4.24. The second-order valence-corrected chi connectivity index (χ2v) is 4.19. The van der Waals surface area contributed by atoms with E-state index in [0.29, 0.717) is 6.61 Å². The molecule has 2 rings (SSSR count). The fourth-order valence-electron chi connectivity index (χ4n) is 1.83. The Hall–Kier alpha value is -1.96. The summed E-state index contributed by atoms with van der Waals surface area (Å²) >= 11 is 0. The summed E-state index contributed by atoms with van der Waals surface area (Å²) in [5.74, 6) is 1.88. The van der Waals surface area contributed by atoms with Gasteiger partial charge in [-0.2, -0.15) is 0 Å². The van der Waals surface area contributed by atoms with E-state index < -0.39 is 0 Å². The Morgan fingerprint density at radius 2 is 2.06 bits per heavy atom. The molecule has 0 spiro atoms. The summed E-state index contributed by atoms with van der Waals surface area (Å²) in [6.07, 6.45) is 7.79. The lowest BCUT2D eigenvalue weighted by molar-refractivity contribution is 0.183. The molecule has 0 aliphatic heterocycles. The Labute approximate surface area is 108 Å². The highest BCUT2D eigenvalue weighted by molar-refractivity contribution is 5.47. The van der Waals surface area contributed by atoms with Gasteiger partial charge in [0.25, 0.3) is 0 Å². The minimum Gasteiger partial charge on any atom is -0.497 e. The Morgan fingerprint density at radius 3 is 2.72 bits per heavy atom. The number of rotatable bonds is 5. The van der Waals surface area contributed by atoms with Crippen LogP contribution in [0.2, 0.25) is 0 Å². The number of methoxy groups -OCH3 is 1. The summed E-state index contributed by atoms with van der Waals surface area (Å²) in [6, 6.07) is 8.21. The SMILES string of the molecule is C=Cc1ccc(COC2=CC(OC)=CCC2)cc1. The van der Waals surface area contributed by atoms with Gasteiger partial charge in [0, 0.05) is 12.5 Å². The highest BCUT2D eigenvalue weighted by atomic mass is 16.5. The molecule has 1 aliphatic rings. The highest BCUT2D eigenvalue weighted by Gasteiger charge is 2.06. The van der Waals surface area contributed by atoms with Crippen molar-refractivity contribution in [1.29, 1.82) is 0 Å². The molecule has 0 aromatic heterocycles. The van der Waals surface area contributed by atoms with E-state index in [1.165, 1.54) is 0 Å². The van der Waals surface area contributed by atoms with Crippen molar-refractivity contribution in [2.45, 2.75) is 19.4 Å². The van der Waals surface area contributed by atoms with Crippen LogP contribution in [0.3, 0.4) is 0 Å². The maximum absolute atomic E-state index is 5.79. The van der Waals surface area contributed by atoms with Crippen LogP contribution in [0, 0.1) is 0 Å². The van der Waals surface area contributed by atoms with Crippen molar-refractivity contribution < 1.29 is 9.47 Å². The van der Waals surface area contributed by atoms with E-state index in [1.54, 1.807) is 7.11 Å². The first-order chi connectivity index (χ1) is 8.81. The lowest BCUT2D eigenvalue weighted by Crippen LogP contribution is -1.99. The van der Waals surface area contributed by atoms with E-state index in [1.807, 2.05) is 24.3 Å². The largest absolute Gasteiger partial charge is 0.497 e. The number of hydrogen-bond donors (Lipinski definition) is 0. The summed E-state index contributed by atoms with van der Waals surface area (Å²) in [6.45, 7) is 4.33. The van der Waals surface area contributed by atoms with Gasteiger partial charge in [0.15, 0.2) is 0 Å². The summed E-state index contributed by atoms with van der Waals surface area (Å²) in [5.41, 5.74) is 2.29. The van der Waals surface area contributed by atoms with Crippen LogP contribution in [-0.2, 0) is 16.1 Å². The molecular formula is C16H18O2. The first-order valence-electron chi connectivity index (χ1n) is 6.10. The van der Waals surface area contributed by atoms with Crippen molar-refractivity contribution in [2.24, 2.45) is 0 Å². The highest BCUT2D eigenvalue weighted by Crippen LogP contribution is 2.20. The molecule has 0 amide bonds. The lowest BCUT2D eigenvalue weighted by atomic mass is 10.1. The average molecular weight is 242 g/mol. The molecule has 1 aromatic rings. The monoisotopic (exact) mass is 242 g/mol. The lowest BCUT2D eigenvalue weighted by Gasteiger charge is -2.14. The predicted molar refractivity (Wildman–Crippen MR) is 73.7 cm³/mol. The standard InChI is InChI=1S/C16H18O2/c1-3-13-7-9-14(10-8-13)12-18-16-6-4-5-15(11-16)17-2/h3,5,7-11H,1,4,6,12H2,2H3. The van der Waals surface area contributed by atoms with Crippen molar-refractivity contribution in [3.05, 3.63) is 65.6 Å². The minimum absolute atomic E-state index is 0.597. The van der Waals surface area contributed by atoms with E-state index >= 15 is 0 Å². The average Bonchev–Trinajstić information content (AvgIpc) is 2.46. The van der Waals surface area contributed by atoms with Crippen LogP contribution < -0.4 is 0 Å². The van der Waals surface area contributed by atoms with Gasteiger partial charge in [-0.15, -0.1) is 0 Å². The van der Waals surface area contributed by atoms with Crippen molar-refractivity contribution in [2.75, 3.05) is 7.11 Å². The van der Waals surface area contributed by atoms with Gasteiger partial charge in [-0.25, -0.2) is 0 Å². The Bertz CT molecular complexity index is 466. The Balaban J connectivity index is 1.93. The molecule has 18 heavy (non-hydrogen) atoms. The molecule has 1 aliphatic carbocycles. The van der Waals surface area contributed by atoms with E-state index in [2.05, 4.69) is 24.8 Å². The van der Waals surface area contributed by atoms with Crippen molar-refractivity contribution >= 4 is 6.08 Å². The molecule has 0 unspecified atom stereocenters. The third-order valence-electron chi connectivity index (χ3n) is 2.91. The number of benzene rings is 1. The van der Waals surface area contributed by atoms with Crippen LogP contribution in [0.15, 0.2) is 54.5 Å². The summed E-state index contributed by atoms with van der Waals surface area (Å²) < 4.78 is 11.0. The van der Waals surface area contributed by atoms with Gasteiger partial charge >= 0.3 is 0 Å². The maximum Gasteiger partial charge on any atom is 0.118 e. The van der Waals surface area contributed by atoms with Crippen LogP contribution in [0.1, 0.15) is 24.0 Å². The molecule has 0 heterocycles. The molecule has 0 saturated carbocycles. The van der Waals surface area contributed by atoms with E-state index in [0.717, 1.165) is 35.5 Å². The van der Waals surface area contributed by atoms with E-state index in [9.17, 15) is 0 Å². The summed E-state index contributed by atoms with van der Waals surface area (Å²) in [4.78, 5) is 0. The van der Waals surface area contributed by atoms with Gasteiger partial charge in [-0.05, 0) is 23.6 Å². The van der Waals surface area contributed by atoms with Gasteiger partial charge in [0.2, 0.25) is 0 Å². The van der Waals surface area contributed by atoms with Gasteiger partial charge in [0.1, 0.15) is 18.1 Å². The zero-order chi connectivity index (χ0) is 12.8. The molecular weight excluding hydrogens is 224 g/mol. The number of ether oxygens (including phenoxy) is 2. The van der Waals surface area contributed by atoms with Crippen LogP contribution in [0.5, 0.6) is 0 Å². The first kappa shape index (κ1) is 12.5. The second-order valence-electron chi connectivity index (χ2n) is 4.19. The molecule has 2 heteroatoms. The van der Waals surface area contributed by atoms with Gasteiger partial charge < -0.3 is 9.47 Å². The maximum atomic E-state index is 5.79. The van der Waals surface area contributed by atoms with Gasteiger partial charge in [-0.3, -0.25) is 0 Å². The molecule has 0 atom stereocenters. The number of allylic oxidation sites excluding steroid dienone is 3. The van der Waals surface area contributed by atoms with Gasteiger partial charge in [-0.1, -0.05) is 36.9 Å². The number of hydrogen-bond acceptors (Lipinski definition) is 2. The fourth-order valence-corrected chi connectivity index (χ4v) is 1.83. The topological polar surface area (TPSA) is 18.5 Å². The zero-order valence-electron chi connectivity index (χ0n) is 10.7. The summed E-state index contributed by atoms with van der Waals surface area (Å²) in [5, 5.41) is 0. The molecule has 1 aromatic carbocycles. The van der Waals surface area contributed by atoms with Crippen molar-refractivity contribution in [3.63, 3.8) is 0 Å². The van der Waals surface area contributed by atoms with Crippen LogP contribution in [0.25, 0.3) is 6.08 Å². The van der Waals surface area contributed by atoms with Crippen LogP contribution >= 0.6 is 0 Å². The second kappa shape index (κ2) is 6.10.